The first kappa shape index (κ1) is 56.6. The van der Waals surface area contributed by atoms with E-state index in [9.17, 15) is 14.4 Å². The van der Waals surface area contributed by atoms with Crippen LogP contribution in [0.5, 0.6) is 0 Å². The number of ether oxygens (including phenoxy) is 3. The van der Waals surface area contributed by atoms with Crippen LogP contribution in [-0.2, 0) is 28.6 Å². The van der Waals surface area contributed by atoms with Gasteiger partial charge in [0.1, 0.15) is 13.2 Å². The van der Waals surface area contributed by atoms with E-state index in [4.69, 9.17) is 14.2 Å². The monoisotopic (exact) mass is 835 g/mol. The zero-order valence-electron chi connectivity index (χ0n) is 38.9. The fourth-order valence-corrected chi connectivity index (χ4v) is 6.47. The number of rotatable bonds is 43. The molecular formula is C54H90O6. The average Bonchev–Trinajstić information content (AvgIpc) is 3.24. The van der Waals surface area contributed by atoms with E-state index in [-0.39, 0.29) is 37.5 Å². The van der Waals surface area contributed by atoms with Gasteiger partial charge in [0.25, 0.3) is 0 Å². The Hall–Kier alpha value is -3.41. The first-order chi connectivity index (χ1) is 29.5. The van der Waals surface area contributed by atoms with E-state index in [1.54, 1.807) is 0 Å². The van der Waals surface area contributed by atoms with Crippen LogP contribution in [0, 0.1) is 0 Å². The summed E-state index contributed by atoms with van der Waals surface area (Å²) < 4.78 is 16.7. The SMILES string of the molecule is CC/C=C\C/C=C\C/C=C\CCCCCCC(=O)OC(COC(=O)CCC/C=C\C/C=C\C/C=C\CC)COC(=O)CCCCCCCCC/C=C\CCCCCCCC. The third-order valence-electron chi connectivity index (χ3n) is 10.1. The summed E-state index contributed by atoms with van der Waals surface area (Å²) in [7, 11) is 0. The third-order valence-corrected chi connectivity index (χ3v) is 10.1. The van der Waals surface area contributed by atoms with E-state index in [1.165, 1.54) is 77.0 Å². The molecule has 0 saturated heterocycles. The summed E-state index contributed by atoms with van der Waals surface area (Å²) >= 11 is 0. The molecule has 0 spiro atoms. The van der Waals surface area contributed by atoms with Crippen molar-refractivity contribution >= 4 is 17.9 Å². The van der Waals surface area contributed by atoms with Crippen molar-refractivity contribution in [2.24, 2.45) is 0 Å². The van der Waals surface area contributed by atoms with Gasteiger partial charge in [0.05, 0.1) is 0 Å². The second-order valence-electron chi connectivity index (χ2n) is 16.0. The normalized spacial score (nSPS) is 12.8. The van der Waals surface area contributed by atoms with E-state index in [0.717, 1.165) is 96.3 Å². The molecule has 0 aliphatic carbocycles. The van der Waals surface area contributed by atoms with Crippen molar-refractivity contribution in [3.8, 4) is 0 Å². The molecule has 0 aliphatic heterocycles. The van der Waals surface area contributed by atoms with Crippen LogP contribution in [0.4, 0.5) is 0 Å². The van der Waals surface area contributed by atoms with Gasteiger partial charge in [-0.05, 0) is 103 Å². The number of unbranched alkanes of at least 4 members (excludes halogenated alkanes) is 18. The van der Waals surface area contributed by atoms with Crippen LogP contribution >= 0.6 is 0 Å². The first-order valence-electron chi connectivity index (χ1n) is 24.6. The lowest BCUT2D eigenvalue weighted by molar-refractivity contribution is -0.167. The smallest absolute Gasteiger partial charge is 0.306 e. The van der Waals surface area contributed by atoms with Crippen LogP contribution in [0.1, 0.15) is 220 Å². The minimum Gasteiger partial charge on any atom is -0.462 e. The second kappa shape index (κ2) is 48.3. The van der Waals surface area contributed by atoms with Gasteiger partial charge in [0.15, 0.2) is 6.10 Å². The highest BCUT2D eigenvalue weighted by molar-refractivity contribution is 5.71. The quantitative estimate of drug-likeness (QED) is 0.0263. The third kappa shape index (κ3) is 45.7. The molecule has 0 aromatic rings. The molecule has 60 heavy (non-hydrogen) atoms. The standard InChI is InChI=1S/C54H90O6/c1-4-7-10-13-16-19-22-24-26-27-28-30-32-35-38-41-44-47-53(56)59-50-51(49-58-52(55)46-43-40-37-34-31-21-18-15-12-9-6-3)60-54(57)48-45-42-39-36-33-29-25-23-20-17-14-11-8-5-2/h8-9,11-12,17-18,20-21,24-26,29,34,37,51H,4-7,10,13-16,19,22-23,27-28,30-33,35-36,38-50H2,1-3H3/b11-8-,12-9-,20-17-,21-18-,26-24-,29-25-,37-34-. The van der Waals surface area contributed by atoms with Crippen molar-refractivity contribution in [1.82, 2.24) is 0 Å². The molecule has 0 bridgehead atoms. The number of allylic oxidation sites excluding steroid dienone is 14. The fraction of sp³-hybridized carbons (Fsp3) is 0.685. The maximum Gasteiger partial charge on any atom is 0.306 e. The minimum absolute atomic E-state index is 0.104. The van der Waals surface area contributed by atoms with Gasteiger partial charge < -0.3 is 14.2 Å². The van der Waals surface area contributed by atoms with Crippen molar-refractivity contribution in [3.63, 3.8) is 0 Å². The van der Waals surface area contributed by atoms with Crippen LogP contribution in [0.2, 0.25) is 0 Å². The molecule has 342 valence electrons. The Bertz CT molecular complexity index is 1190. The summed E-state index contributed by atoms with van der Waals surface area (Å²) in [6.07, 6.45) is 61.5. The lowest BCUT2D eigenvalue weighted by Gasteiger charge is -2.18. The van der Waals surface area contributed by atoms with Gasteiger partial charge in [-0.25, -0.2) is 0 Å². The van der Waals surface area contributed by atoms with Crippen molar-refractivity contribution < 1.29 is 28.6 Å². The highest BCUT2D eigenvalue weighted by atomic mass is 16.6. The zero-order valence-corrected chi connectivity index (χ0v) is 38.9. The molecule has 6 heteroatoms. The highest BCUT2D eigenvalue weighted by Gasteiger charge is 2.19. The van der Waals surface area contributed by atoms with Gasteiger partial charge in [0.2, 0.25) is 0 Å². The lowest BCUT2D eigenvalue weighted by Crippen LogP contribution is -2.30. The Morgan fingerprint density at radius 2 is 0.667 bits per heavy atom. The molecule has 0 N–H and O–H groups in total. The molecule has 0 saturated carbocycles. The molecule has 0 aliphatic rings. The van der Waals surface area contributed by atoms with Gasteiger partial charge in [-0.15, -0.1) is 0 Å². The van der Waals surface area contributed by atoms with E-state index in [2.05, 4.69) is 106 Å². The first-order valence-corrected chi connectivity index (χ1v) is 24.6. The van der Waals surface area contributed by atoms with Crippen LogP contribution in [-0.4, -0.2) is 37.2 Å². The Morgan fingerprint density at radius 3 is 1.10 bits per heavy atom. The van der Waals surface area contributed by atoms with Crippen molar-refractivity contribution in [2.75, 3.05) is 13.2 Å². The zero-order chi connectivity index (χ0) is 43.7. The van der Waals surface area contributed by atoms with Crippen LogP contribution < -0.4 is 0 Å². The van der Waals surface area contributed by atoms with Gasteiger partial charge >= 0.3 is 17.9 Å². The van der Waals surface area contributed by atoms with Crippen LogP contribution in [0.25, 0.3) is 0 Å². The van der Waals surface area contributed by atoms with E-state index < -0.39 is 6.10 Å². The topological polar surface area (TPSA) is 78.9 Å². The van der Waals surface area contributed by atoms with Gasteiger partial charge in [-0.1, -0.05) is 183 Å². The molecular weight excluding hydrogens is 745 g/mol. The summed E-state index contributed by atoms with van der Waals surface area (Å²) in [5, 5.41) is 0. The lowest BCUT2D eigenvalue weighted by atomic mass is 10.1. The van der Waals surface area contributed by atoms with Crippen LogP contribution in [0.3, 0.4) is 0 Å². The number of carbonyl (C=O) groups is 3. The van der Waals surface area contributed by atoms with Gasteiger partial charge in [0, 0.05) is 19.3 Å². The highest BCUT2D eigenvalue weighted by Crippen LogP contribution is 2.13. The number of esters is 3. The van der Waals surface area contributed by atoms with Gasteiger partial charge in [-0.3, -0.25) is 14.4 Å². The summed E-state index contributed by atoms with van der Waals surface area (Å²) in [6, 6.07) is 0. The number of hydrogen-bond acceptors (Lipinski definition) is 6. The maximum absolute atomic E-state index is 12.7. The van der Waals surface area contributed by atoms with E-state index in [1.807, 2.05) is 0 Å². The number of hydrogen-bond donors (Lipinski definition) is 0. The molecule has 1 unspecified atom stereocenters. The number of carbonyl (C=O) groups excluding carboxylic acids is 3. The molecule has 1 atom stereocenters. The largest absolute Gasteiger partial charge is 0.462 e. The molecule has 0 fully saturated rings. The predicted molar refractivity (Wildman–Crippen MR) is 256 cm³/mol. The van der Waals surface area contributed by atoms with E-state index >= 15 is 0 Å². The maximum atomic E-state index is 12.7. The fourth-order valence-electron chi connectivity index (χ4n) is 6.47. The Labute approximate surface area is 369 Å². The molecule has 0 aromatic carbocycles. The summed E-state index contributed by atoms with van der Waals surface area (Å²) in [4.78, 5) is 37.8. The Kier molecular flexibility index (Phi) is 45.5. The van der Waals surface area contributed by atoms with Crippen LogP contribution in [0.15, 0.2) is 85.1 Å². The van der Waals surface area contributed by atoms with Gasteiger partial charge in [-0.2, -0.15) is 0 Å². The molecule has 0 rings (SSSR count). The molecule has 0 amide bonds. The molecule has 6 nitrogen and oxygen atoms in total. The summed E-state index contributed by atoms with van der Waals surface area (Å²) in [5.41, 5.74) is 0. The molecule has 0 heterocycles. The van der Waals surface area contributed by atoms with E-state index in [0.29, 0.717) is 19.3 Å². The Morgan fingerprint density at radius 1 is 0.350 bits per heavy atom. The minimum atomic E-state index is -0.809. The molecule has 0 radical (unpaired) electrons. The second-order valence-corrected chi connectivity index (χ2v) is 16.0. The van der Waals surface area contributed by atoms with Crippen molar-refractivity contribution in [2.45, 2.75) is 226 Å². The predicted octanol–water partition coefficient (Wildman–Crippen LogP) is 16.0. The summed E-state index contributed by atoms with van der Waals surface area (Å²) in [6.45, 7) is 6.32. The molecule has 0 aromatic heterocycles. The van der Waals surface area contributed by atoms with Crippen molar-refractivity contribution in [3.05, 3.63) is 85.1 Å². The Balaban J connectivity index is 4.45. The average molecular weight is 835 g/mol. The summed E-state index contributed by atoms with van der Waals surface area (Å²) in [5.74, 6) is -0.992. The van der Waals surface area contributed by atoms with Crippen molar-refractivity contribution in [1.29, 1.82) is 0 Å².